The van der Waals surface area contributed by atoms with Gasteiger partial charge in [0.25, 0.3) is 0 Å². The van der Waals surface area contributed by atoms with E-state index in [-0.39, 0.29) is 5.97 Å². The molecule has 0 spiro atoms. The van der Waals surface area contributed by atoms with Crippen LogP contribution in [0.4, 0.5) is 0 Å². The Bertz CT molecular complexity index is 550. The van der Waals surface area contributed by atoms with Gasteiger partial charge in [-0.15, -0.1) is 22.7 Å². The Morgan fingerprint density at radius 1 is 1.39 bits per heavy atom. The Balaban J connectivity index is 2.27. The van der Waals surface area contributed by atoms with Gasteiger partial charge in [-0.05, 0) is 39.1 Å². The number of thiophene rings is 1. The van der Waals surface area contributed by atoms with Crippen molar-refractivity contribution < 1.29 is 9.53 Å². The van der Waals surface area contributed by atoms with Gasteiger partial charge in [0.15, 0.2) is 0 Å². The van der Waals surface area contributed by atoms with Crippen molar-refractivity contribution in [2.24, 2.45) is 0 Å². The molecule has 0 unspecified atom stereocenters. The smallest absolute Gasteiger partial charge is 0.350 e. The number of ether oxygens (including phenoxy) is 1. The summed E-state index contributed by atoms with van der Waals surface area (Å²) in [5, 5.41) is 2.88. The van der Waals surface area contributed by atoms with E-state index in [9.17, 15) is 4.79 Å². The Labute approximate surface area is 114 Å². The van der Waals surface area contributed by atoms with Crippen molar-refractivity contribution in [2.45, 2.75) is 33.3 Å². The zero-order valence-electron chi connectivity index (χ0n) is 10.8. The van der Waals surface area contributed by atoms with Gasteiger partial charge in [-0.25, -0.2) is 9.78 Å². The molecular weight excluding hydrogens is 266 g/mol. The summed E-state index contributed by atoms with van der Waals surface area (Å²) in [6.45, 7) is 7.43. The minimum atomic E-state index is -0.476. The van der Waals surface area contributed by atoms with Crippen LogP contribution in [0.2, 0.25) is 0 Å². The molecule has 0 aliphatic heterocycles. The summed E-state index contributed by atoms with van der Waals surface area (Å²) in [4.78, 5) is 18.1. The molecule has 2 rings (SSSR count). The first-order chi connectivity index (χ1) is 8.37. The Morgan fingerprint density at radius 2 is 2.11 bits per heavy atom. The molecule has 0 N–H and O–H groups in total. The third kappa shape index (κ3) is 2.97. The van der Waals surface area contributed by atoms with Gasteiger partial charge in [-0.1, -0.05) is 6.07 Å². The van der Waals surface area contributed by atoms with Crippen molar-refractivity contribution in [3.8, 4) is 9.88 Å². The monoisotopic (exact) mass is 281 g/mol. The van der Waals surface area contributed by atoms with Crippen molar-refractivity contribution in [1.29, 1.82) is 0 Å². The van der Waals surface area contributed by atoms with E-state index in [1.54, 1.807) is 11.3 Å². The van der Waals surface area contributed by atoms with E-state index in [4.69, 9.17) is 4.74 Å². The molecule has 0 fully saturated rings. The Morgan fingerprint density at radius 3 is 2.67 bits per heavy atom. The number of rotatable bonds is 2. The molecular formula is C13H15NO2S2. The van der Waals surface area contributed by atoms with Crippen molar-refractivity contribution in [3.05, 3.63) is 28.1 Å². The second-order valence-corrected chi connectivity index (χ2v) is 6.86. The van der Waals surface area contributed by atoms with E-state index < -0.39 is 5.60 Å². The first-order valence-corrected chi connectivity index (χ1v) is 7.31. The summed E-state index contributed by atoms with van der Waals surface area (Å²) in [5.74, 6) is -0.291. The molecule has 0 aromatic carbocycles. The SMILES string of the molecule is Cc1nc(-c2cccs2)sc1C(=O)OC(C)(C)C. The molecule has 0 atom stereocenters. The maximum atomic E-state index is 12.0. The number of aryl methyl sites for hydroxylation is 1. The zero-order valence-corrected chi connectivity index (χ0v) is 12.4. The summed E-state index contributed by atoms with van der Waals surface area (Å²) in [6, 6.07) is 3.98. The zero-order chi connectivity index (χ0) is 13.3. The van der Waals surface area contributed by atoms with Gasteiger partial charge in [-0.3, -0.25) is 0 Å². The highest BCUT2D eigenvalue weighted by molar-refractivity contribution is 7.22. The first kappa shape index (κ1) is 13.2. The highest BCUT2D eigenvalue weighted by Gasteiger charge is 2.22. The number of nitrogens with zero attached hydrogens (tertiary/aromatic N) is 1. The molecule has 2 aromatic heterocycles. The molecule has 5 heteroatoms. The quantitative estimate of drug-likeness (QED) is 0.777. The summed E-state index contributed by atoms with van der Waals surface area (Å²) in [6.07, 6.45) is 0. The molecule has 2 aromatic rings. The molecule has 18 heavy (non-hydrogen) atoms. The van der Waals surface area contributed by atoms with Gasteiger partial charge in [0.2, 0.25) is 0 Å². The third-order valence-electron chi connectivity index (χ3n) is 2.11. The third-order valence-corrected chi connectivity index (χ3v) is 4.29. The molecule has 0 radical (unpaired) electrons. The number of carbonyl (C=O) groups is 1. The standard InChI is InChI=1S/C13H15NO2S2/c1-8-10(12(15)16-13(2,3)4)18-11(14-8)9-6-5-7-17-9/h5-7H,1-4H3. The Kier molecular flexibility index (Phi) is 3.54. The number of thiazole rings is 1. The van der Waals surface area contributed by atoms with Crippen LogP contribution >= 0.6 is 22.7 Å². The normalized spacial score (nSPS) is 11.6. The minimum Gasteiger partial charge on any atom is -0.456 e. The summed E-state index contributed by atoms with van der Waals surface area (Å²) in [7, 11) is 0. The maximum absolute atomic E-state index is 12.0. The number of hydrogen-bond donors (Lipinski definition) is 0. The highest BCUT2D eigenvalue weighted by atomic mass is 32.1. The van der Waals surface area contributed by atoms with E-state index in [2.05, 4.69) is 4.98 Å². The fraction of sp³-hybridized carbons (Fsp3) is 0.385. The number of hydrogen-bond acceptors (Lipinski definition) is 5. The molecule has 96 valence electrons. The number of aromatic nitrogens is 1. The van der Waals surface area contributed by atoms with E-state index in [1.165, 1.54) is 11.3 Å². The van der Waals surface area contributed by atoms with Crippen LogP contribution in [-0.4, -0.2) is 16.6 Å². The summed E-state index contributed by atoms with van der Waals surface area (Å²) < 4.78 is 5.37. The highest BCUT2D eigenvalue weighted by Crippen LogP contribution is 2.31. The van der Waals surface area contributed by atoms with Crippen LogP contribution < -0.4 is 0 Å². The van der Waals surface area contributed by atoms with Crippen LogP contribution in [0.1, 0.15) is 36.1 Å². The fourth-order valence-corrected chi connectivity index (χ4v) is 3.16. The number of esters is 1. The Hall–Kier alpha value is -1.20. The van der Waals surface area contributed by atoms with E-state index >= 15 is 0 Å². The lowest BCUT2D eigenvalue weighted by atomic mass is 10.2. The van der Waals surface area contributed by atoms with E-state index in [0.29, 0.717) is 4.88 Å². The minimum absolute atomic E-state index is 0.291. The first-order valence-electron chi connectivity index (χ1n) is 5.61. The second kappa shape index (κ2) is 4.82. The van der Waals surface area contributed by atoms with Gasteiger partial charge >= 0.3 is 5.97 Å². The van der Waals surface area contributed by atoms with Crippen LogP contribution in [0, 0.1) is 6.92 Å². The topological polar surface area (TPSA) is 39.2 Å². The second-order valence-electron chi connectivity index (χ2n) is 4.91. The van der Waals surface area contributed by atoms with Gasteiger partial charge in [0.05, 0.1) is 10.6 Å². The van der Waals surface area contributed by atoms with Crippen LogP contribution in [-0.2, 0) is 4.74 Å². The lowest BCUT2D eigenvalue weighted by Gasteiger charge is -2.18. The molecule has 0 saturated carbocycles. The maximum Gasteiger partial charge on any atom is 0.350 e. The van der Waals surface area contributed by atoms with Crippen LogP contribution in [0.15, 0.2) is 17.5 Å². The molecule has 0 saturated heterocycles. The van der Waals surface area contributed by atoms with E-state index in [0.717, 1.165) is 15.6 Å². The number of carbonyl (C=O) groups excluding carboxylic acids is 1. The van der Waals surface area contributed by atoms with Gasteiger partial charge < -0.3 is 4.74 Å². The van der Waals surface area contributed by atoms with Gasteiger partial charge in [-0.2, -0.15) is 0 Å². The summed E-state index contributed by atoms with van der Waals surface area (Å²) in [5.41, 5.74) is 0.258. The molecule has 0 aliphatic rings. The van der Waals surface area contributed by atoms with Crippen molar-refractivity contribution in [3.63, 3.8) is 0 Å². The lowest BCUT2D eigenvalue weighted by Crippen LogP contribution is -2.23. The van der Waals surface area contributed by atoms with E-state index in [1.807, 2.05) is 45.2 Å². The van der Waals surface area contributed by atoms with Crippen LogP contribution in [0.3, 0.4) is 0 Å². The van der Waals surface area contributed by atoms with Crippen molar-refractivity contribution >= 4 is 28.6 Å². The average molecular weight is 281 g/mol. The lowest BCUT2D eigenvalue weighted by molar-refractivity contribution is 0.00742. The molecule has 3 nitrogen and oxygen atoms in total. The van der Waals surface area contributed by atoms with Crippen molar-refractivity contribution in [1.82, 2.24) is 4.98 Å². The molecule has 0 amide bonds. The molecule has 0 bridgehead atoms. The fourth-order valence-electron chi connectivity index (χ4n) is 1.42. The predicted octanol–water partition coefficient (Wildman–Crippen LogP) is 4.14. The average Bonchev–Trinajstić information content (AvgIpc) is 2.82. The van der Waals surface area contributed by atoms with Crippen molar-refractivity contribution in [2.75, 3.05) is 0 Å². The predicted molar refractivity (Wildman–Crippen MR) is 75.3 cm³/mol. The van der Waals surface area contributed by atoms with Gasteiger partial charge in [0.1, 0.15) is 15.5 Å². The summed E-state index contributed by atoms with van der Waals surface area (Å²) >= 11 is 3.01. The largest absolute Gasteiger partial charge is 0.456 e. The van der Waals surface area contributed by atoms with Crippen LogP contribution in [0.25, 0.3) is 9.88 Å². The molecule has 0 aliphatic carbocycles. The molecule has 2 heterocycles. The van der Waals surface area contributed by atoms with Crippen LogP contribution in [0.5, 0.6) is 0 Å². The van der Waals surface area contributed by atoms with Gasteiger partial charge in [0, 0.05) is 0 Å².